The molecule has 0 N–H and O–H groups in total. The Hall–Kier alpha value is -1.32. The minimum Gasteiger partial charge on any atom is -0.344 e. The number of aliphatic imine (C=N–C) groups is 1. The van der Waals surface area contributed by atoms with Crippen LogP contribution in [0.25, 0.3) is 0 Å². The fourth-order valence-corrected chi connectivity index (χ4v) is 2.04. The first-order chi connectivity index (χ1) is 7.84. The summed E-state index contributed by atoms with van der Waals surface area (Å²) in [6, 6.07) is 7.87. The Balaban J connectivity index is 0.00000108. The van der Waals surface area contributed by atoms with Crippen LogP contribution in [-0.2, 0) is 6.54 Å². The van der Waals surface area contributed by atoms with Crippen LogP contribution >= 0.6 is 24.0 Å². The van der Waals surface area contributed by atoms with E-state index in [1.165, 1.54) is 0 Å². The Labute approximate surface area is 111 Å². The molecule has 0 unspecified atom stereocenters. The summed E-state index contributed by atoms with van der Waals surface area (Å²) in [4.78, 5) is 8.64. The average Bonchev–Trinajstić information content (AvgIpc) is 2.78. The zero-order chi connectivity index (χ0) is 11.0. The predicted octanol–water partition coefficient (Wildman–Crippen LogP) is 2.81. The molecular formula is C12H11Cl2N3. The summed E-state index contributed by atoms with van der Waals surface area (Å²) >= 11 is 5.77. The number of halogens is 2. The Kier molecular flexibility index (Phi) is 3.50. The topological polar surface area (TPSA) is 30.2 Å². The molecule has 0 saturated heterocycles. The maximum atomic E-state index is 5.77. The molecule has 17 heavy (non-hydrogen) atoms. The highest BCUT2D eigenvalue weighted by atomic mass is 35.5. The van der Waals surface area contributed by atoms with Crippen molar-refractivity contribution in [3.63, 3.8) is 0 Å². The monoisotopic (exact) mass is 267 g/mol. The number of pyridine rings is 1. The second-order valence-electron chi connectivity index (χ2n) is 3.69. The third-order valence-corrected chi connectivity index (χ3v) is 2.91. The molecule has 0 amide bonds. The van der Waals surface area contributed by atoms with Gasteiger partial charge in [-0.3, -0.25) is 4.99 Å². The van der Waals surface area contributed by atoms with Crippen molar-refractivity contribution in [3.05, 3.63) is 53.1 Å². The molecule has 88 valence electrons. The van der Waals surface area contributed by atoms with Gasteiger partial charge in [-0.2, -0.15) is 0 Å². The van der Waals surface area contributed by atoms with Crippen molar-refractivity contribution in [2.45, 2.75) is 6.54 Å². The van der Waals surface area contributed by atoms with E-state index in [0.29, 0.717) is 5.15 Å². The fourth-order valence-electron chi connectivity index (χ4n) is 1.93. The molecule has 3 nitrogen and oxygen atoms in total. The largest absolute Gasteiger partial charge is 0.344 e. The highest BCUT2D eigenvalue weighted by molar-refractivity contribution is 6.29. The van der Waals surface area contributed by atoms with Gasteiger partial charge in [0.2, 0.25) is 0 Å². The highest BCUT2D eigenvalue weighted by Gasteiger charge is 2.14. The number of fused-ring (bicyclic) bond motifs is 1. The van der Waals surface area contributed by atoms with Crippen LogP contribution in [-0.4, -0.2) is 21.8 Å². The predicted molar refractivity (Wildman–Crippen MR) is 71.4 cm³/mol. The minimum atomic E-state index is 0. The Morgan fingerprint density at radius 2 is 2.12 bits per heavy atom. The SMILES string of the molecule is Cl.Clc1ccc(C2=NCCn3cccc32)cn1. The summed E-state index contributed by atoms with van der Waals surface area (Å²) in [5.41, 5.74) is 3.17. The van der Waals surface area contributed by atoms with Crippen molar-refractivity contribution in [1.29, 1.82) is 0 Å². The highest BCUT2D eigenvalue weighted by Crippen LogP contribution is 2.16. The summed E-state index contributed by atoms with van der Waals surface area (Å²) in [6.07, 6.45) is 3.84. The second kappa shape index (κ2) is 4.90. The van der Waals surface area contributed by atoms with Gasteiger partial charge < -0.3 is 4.57 Å². The zero-order valence-corrected chi connectivity index (χ0v) is 10.6. The van der Waals surface area contributed by atoms with E-state index in [4.69, 9.17) is 11.6 Å². The lowest BCUT2D eigenvalue weighted by molar-refractivity contribution is 0.690. The van der Waals surface area contributed by atoms with Crippen molar-refractivity contribution in [2.75, 3.05) is 6.54 Å². The van der Waals surface area contributed by atoms with Gasteiger partial charge in [-0.15, -0.1) is 12.4 Å². The summed E-state index contributed by atoms with van der Waals surface area (Å²) in [6.45, 7) is 1.77. The van der Waals surface area contributed by atoms with Gasteiger partial charge >= 0.3 is 0 Å². The molecule has 2 aromatic heterocycles. The van der Waals surface area contributed by atoms with E-state index in [1.54, 1.807) is 12.3 Å². The third-order valence-electron chi connectivity index (χ3n) is 2.68. The Bertz CT molecular complexity index is 543. The first-order valence-electron chi connectivity index (χ1n) is 5.16. The van der Waals surface area contributed by atoms with Crippen LogP contribution in [0.5, 0.6) is 0 Å². The van der Waals surface area contributed by atoms with Gasteiger partial charge in [-0.05, 0) is 24.3 Å². The molecular weight excluding hydrogens is 257 g/mol. The van der Waals surface area contributed by atoms with Crippen molar-refractivity contribution in [1.82, 2.24) is 9.55 Å². The molecule has 0 atom stereocenters. The van der Waals surface area contributed by atoms with Crippen molar-refractivity contribution in [3.8, 4) is 0 Å². The van der Waals surface area contributed by atoms with Gasteiger partial charge in [-0.25, -0.2) is 4.98 Å². The molecule has 0 saturated carbocycles. The molecule has 1 aliphatic rings. The third kappa shape index (κ3) is 2.21. The van der Waals surface area contributed by atoms with E-state index in [2.05, 4.69) is 26.8 Å². The van der Waals surface area contributed by atoms with Gasteiger partial charge in [0, 0.05) is 24.5 Å². The van der Waals surface area contributed by atoms with Crippen LogP contribution in [0, 0.1) is 0 Å². The van der Waals surface area contributed by atoms with Gasteiger partial charge in [0.25, 0.3) is 0 Å². The molecule has 2 aromatic rings. The van der Waals surface area contributed by atoms with E-state index in [9.17, 15) is 0 Å². The van der Waals surface area contributed by atoms with Crippen LogP contribution in [0.2, 0.25) is 5.15 Å². The van der Waals surface area contributed by atoms with Gasteiger partial charge in [0.15, 0.2) is 0 Å². The minimum absolute atomic E-state index is 0. The van der Waals surface area contributed by atoms with E-state index in [1.807, 2.05) is 12.1 Å². The van der Waals surface area contributed by atoms with E-state index in [0.717, 1.165) is 30.1 Å². The summed E-state index contributed by atoms with van der Waals surface area (Å²) in [7, 11) is 0. The number of rotatable bonds is 1. The lowest BCUT2D eigenvalue weighted by Crippen LogP contribution is -2.18. The molecule has 3 rings (SSSR count). The van der Waals surface area contributed by atoms with Crippen LogP contribution in [0.15, 0.2) is 41.7 Å². The molecule has 0 spiro atoms. The molecule has 3 heterocycles. The average molecular weight is 268 g/mol. The van der Waals surface area contributed by atoms with Crippen LogP contribution in [0.4, 0.5) is 0 Å². The summed E-state index contributed by atoms with van der Waals surface area (Å²) in [5, 5.41) is 0.510. The van der Waals surface area contributed by atoms with Gasteiger partial charge in [0.1, 0.15) is 5.15 Å². The van der Waals surface area contributed by atoms with Gasteiger partial charge in [0.05, 0.1) is 18.0 Å². The van der Waals surface area contributed by atoms with E-state index in [-0.39, 0.29) is 12.4 Å². The maximum absolute atomic E-state index is 5.77. The van der Waals surface area contributed by atoms with Crippen molar-refractivity contribution >= 4 is 29.7 Å². The van der Waals surface area contributed by atoms with Crippen LogP contribution < -0.4 is 0 Å². The number of aromatic nitrogens is 2. The lowest BCUT2D eigenvalue weighted by atomic mass is 10.1. The summed E-state index contributed by atoms with van der Waals surface area (Å²) < 4.78 is 2.21. The zero-order valence-electron chi connectivity index (χ0n) is 9.01. The van der Waals surface area contributed by atoms with Crippen molar-refractivity contribution in [2.24, 2.45) is 4.99 Å². The molecule has 0 radical (unpaired) electrons. The molecule has 0 bridgehead atoms. The van der Waals surface area contributed by atoms with Crippen molar-refractivity contribution < 1.29 is 0 Å². The normalized spacial score (nSPS) is 13.6. The maximum Gasteiger partial charge on any atom is 0.129 e. The van der Waals surface area contributed by atoms with Gasteiger partial charge in [-0.1, -0.05) is 11.6 Å². The Morgan fingerprint density at radius 3 is 2.88 bits per heavy atom. The smallest absolute Gasteiger partial charge is 0.129 e. The lowest BCUT2D eigenvalue weighted by Gasteiger charge is -2.16. The van der Waals surface area contributed by atoms with E-state index >= 15 is 0 Å². The van der Waals surface area contributed by atoms with Crippen LogP contribution in [0.1, 0.15) is 11.3 Å². The fraction of sp³-hybridized carbons (Fsp3) is 0.167. The molecule has 0 fully saturated rings. The molecule has 0 aliphatic carbocycles. The van der Waals surface area contributed by atoms with Crippen LogP contribution in [0.3, 0.4) is 0 Å². The molecule has 0 aromatic carbocycles. The molecule has 1 aliphatic heterocycles. The summed E-state index contributed by atoms with van der Waals surface area (Å²) in [5.74, 6) is 0. The quantitative estimate of drug-likeness (QED) is 0.731. The number of hydrogen-bond acceptors (Lipinski definition) is 2. The first kappa shape index (κ1) is 12.1. The number of hydrogen-bond donors (Lipinski definition) is 0. The second-order valence-corrected chi connectivity index (χ2v) is 4.07. The number of nitrogens with zero attached hydrogens (tertiary/aromatic N) is 3. The first-order valence-corrected chi connectivity index (χ1v) is 5.54. The Morgan fingerprint density at radius 1 is 1.24 bits per heavy atom. The van der Waals surface area contributed by atoms with E-state index < -0.39 is 0 Å². The molecule has 5 heteroatoms. The standard InChI is InChI=1S/C12H10ClN3.ClH/c13-11-4-3-9(8-15-11)12-10-2-1-6-16(10)7-5-14-12;/h1-4,6,8H,5,7H2;1H.